The van der Waals surface area contributed by atoms with Gasteiger partial charge in [0, 0.05) is 6.20 Å². The third-order valence-electron chi connectivity index (χ3n) is 5.00. The van der Waals surface area contributed by atoms with Crippen molar-refractivity contribution in [3.63, 3.8) is 0 Å². The molecule has 5 nitrogen and oxygen atoms in total. The van der Waals surface area contributed by atoms with E-state index in [-0.39, 0.29) is 17.2 Å². The molecule has 1 amide bonds. The molecular weight excluding hydrogens is 384 g/mol. The van der Waals surface area contributed by atoms with Gasteiger partial charge in [-0.1, -0.05) is 42.3 Å². The number of hydrogen-bond acceptors (Lipinski definition) is 5. The first-order valence-electron chi connectivity index (χ1n) is 9.11. The summed E-state index contributed by atoms with van der Waals surface area (Å²) in [5.41, 5.74) is 0.736. The minimum atomic E-state index is -0.346. The summed E-state index contributed by atoms with van der Waals surface area (Å²) in [5, 5.41) is 4.52. The normalized spacial score (nSPS) is 17.5. The zero-order valence-electron chi connectivity index (χ0n) is 14.9. The van der Waals surface area contributed by atoms with E-state index in [0.29, 0.717) is 23.3 Å². The molecule has 1 aromatic carbocycles. The van der Waals surface area contributed by atoms with Crippen LogP contribution in [0, 0.1) is 0 Å². The third-order valence-corrected chi connectivity index (χ3v) is 6.42. The molecule has 2 heterocycles. The maximum atomic E-state index is 12.7. The lowest BCUT2D eigenvalue weighted by molar-refractivity contribution is -0.120. The number of carbonyl (C=O) groups excluding carboxylic acids is 1. The van der Waals surface area contributed by atoms with Crippen LogP contribution in [0.15, 0.2) is 41.6 Å². The van der Waals surface area contributed by atoms with E-state index in [2.05, 4.69) is 10.3 Å². The van der Waals surface area contributed by atoms with E-state index in [1.165, 1.54) is 11.8 Å². The van der Waals surface area contributed by atoms with Crippen molar-refractivity contribution in [3.05, 3.63) is 47.1 Å². The number of nitrogens with zero attached hydrogens (tertiary/aromatic N) is 1. The van der Waals surface area contributed by atoms with E-state index in [1.807, 2.05) is 18.2 Å². The monoisotopic (exact) mass is 404 g/mol. The molecule has 0 saturated heterocycles. The molecule has 27 heavy (non-hydrogen) atoms. The van der Waals surface area contributed by atoms with E-state index < -0.39 is 0 Å². The van der Waals surface area contributed by atoms with Crippen molar-refractivity contribution in [2.45, 2.75) is 36.2 Å². The lowest BCUT2D eigenvalue weighted by Crippen LogP contribution is -2.44. The van der Waals surface area contributed by atoms with E-state index in [4.69, 9.17) is 21.1 Å². The quantitative estimate of drug-likeness (QED) is 0.757. The van der Waals surface area contributed by atoms with Crippen molar-refractivity contribution in [2.75, 3.05) is 19.0 Å². The SMILES string of the molecule is O=C(CSc1ncccc1Cl)NC1(c2ccc3c(c2)OCCO3)CCCC1. The van der Waals surface area contributed by atoms with E-state index in [1.54, 1.807) is 18.3 Å². The second-order valence-electron chi connectivity index (χ2n) is 6.77. The molecule has 1 fully saturated rings. The molecule has 1 saturated carbocycles. The first-order chi connectivity index (χ1) is 13.2. The van der Waals surface area contributed by atoms with Gasteiger partial charge < -0.3 is 14.8 Å². The lowest BCUT2D eigenvalue weighted by Gasteiger charge is -2.32. The van der Waals surface area contributed by atoms with Crippen molar-refractivity contribution >= 4 is 29.3 Å². The number of carbonyl (C=O) groups is 1. The third kappa shape index (κ3) is 4.01. The molecule has 7 heteroatoms. The second-order valence-corrected chi connectivity index (χ2v) is 8.15. The zero-order valence-corrected chi connectivity index (χ0v) is 16.4. The minimum absolute atomic E-state index is 0.0153. The maximum absolute atomic E-state index is 12.7. The van der Waals surface area contributed by atoms with Gasteiger partial charge in [0.05, 0.1) is 16.3 Å². The molecule has 2 aromatic rings. The number of ether oxygens (including phenoxy) is 2. The van der Waals surface area contributed by atoms with Crippen LogP contribution in [-0.2, 0) is 10.3 Å². The molecular formula is C20H21ClN2O3S. The molecule has 1 aliphatic carbocycles. The second kappa shape index (κ2) is 7.98. The standard InChI is InChI=1S/C20H21ClN2O3S/c21-15-4-3-9-22-19(15)27-13-18(24)23-20(7-1-2-8-20)14-5-6-16-17(12-14)26-11-10-25-16/h3-6,9,12H,1-2,7-8,10-11,13H2,(H,23,24). The van der Waals surface area contributed by atoms with Crippen LogP contribution in [-0.4, -0.2) is 29.9 Å². The van der Waals surface area contributed by atoms with Crippen molar-refractivity contribution in [3.8, 4) is 11.5 Å². The molecule has 0 bridgehead atoms. The molecule has 0 radical (unpaired) electrons. The van der Waals surface area contributed by atoms with Crippen LogP contribution >= 0.6 is 23.4 Å². The molecule has 2 aliphatic rings. The van der Waals surface area contributed by atoms with Crippen LogP contribution in [0.3, 0.4) is 0 Å². The maximum Gasteiger partial charge on any atom is 0.231 e. The Hall–Kier alpha value is -1.92. The Morgan fingerprint density at radius 3 is 2.74 bits per heavy atom. The van der Waals surface area contributed by atoms with Gasteiger partial charge in [0.15, 0.2) is 11.5 Å². The molecule has 0 atom stereocenters. The van der Waals surface area contributed by atoms with Gasteiger partial charge in [-0.05, 0) is 42.7 Å². The van der Waals surface area contributed by atoms with Crippen LogP contribution in [0.5, 0.6) is 11.5 Å². The van der Waals surface area contributed by atoms with Gasteiger partial charge in [-0.2, -0.15) is 0 Å². The molecule has 142 valence electrons. The van der Waals surface area contributed by atoms with E-state index in [0.717, 1.165) is 42.7 Å². The summed E-state index contributed by atoms with van der Waals surface area (Å²) >= 11 is 7.48. The summed E-state index contributed by atoms with van der Waals surface area (Å²) in [6.07, 6.45) is 5.71. The number of amides is 1. The van der Waals surface area contributed by atoms with Crippen LogP contribution in [0.2, 0.25) is 5.02 Å². The van der Waals surface area contributed by atoms with Crippen molar-refractivity contribution in [1.29, 1.82) is 0 Å². The van der Waals surface area contributed by atoms with Crippen molar-refractivity contribution in [1.82, 2.24) is 10.3 Å². The Morgan fingerprint density at radius 2 is 1.96 bits per heavy atom. The molecule has 0 spiro atoms. The minimum Gasteiger partial charge on any atom is -0.486 e. The number of pyridine rings is 1. The number of halogens is 1. The molecule has 0 unspecified atom stereocenters. The van der Waals surface area contributed by atoms with Gasteiger partial charge in [0.1, 0.15) is 18.2 Å². The zero-order chi connectivity index (χ0) is 18.7. The number of fused-ring (bicyclic) bond motifs is 1. The first-order valence-corrected chi connectivity index (χ1v) is 10.5. The highest BCUT2D eigenvalue weighted by molar-refractivity contribution is 8.00. The fraction of sp³-hybridized carbons (Fsp3) is 0.400. The van der Waals surface area contributed by atoms with Crippen LogP contribution in [0.25, 0.3) is 0 Å². The Bertz CT molecular complexity index is 840. The summed E-state index contributed by atoms with van der Waals surface area (Å²) < 4.78 is 11.3. The van der Waals surface area contributed by atoms with Gasteiger partial charge >= 0.3 is 0 Å². The van der Waals surface area contributed by atoms with E-state index >= 15 is 0 Å². The molecule has 4 rings (SSSR count). The number of benzene rings is 1. The van der Waals surface area contributed by atoms with Gasteiger partial charge in [0.25, 0.3) is 0 Å². The summed E-state index contributed by atoms with van der Waals surface area (Å²) in [4.78, 5) is 16.9. The Labute approximate surface area is 167 Å². The number of aromatic nitrogens is 1. The Kier molecular flexibility index (Phi) is 5.45. The number of thioether (sulfide) groups is 1. The Morgan fingerprint density at radius 1 is 1.19 bits per heavy atom. The van der Waals surface area contributed by atoms with Crippen molar-refractivity contribution < 1.29 is 14.3 Å². The van der Waals surface area contributed by atoms with Gasteiger partial charge in [-0.3, -0.25) is 4.79 Å². The highest BCUT2D eigenvalue weighted by Gasteiger charge is 2.37. The first kappa shape index (κ1) is 18.4. The van der Waals surface area contributed by atoms with Crippen LogP contribution in [0.1, 0.15) is 31.2 Å². The topological polar surface area (TPSA) is 60.5 Å². The summed E-state index contributed by atoms with van der Waals surface area (Å²) in [7, 11) is 0. The number of hydrogen-bond donors (Lipinski definition) is 1. The summed E-state index contributed by atoms with van der Waals surface area (Å²) in [6, 6.07) is 9.56. The predicted octanol–water partition coefficient (Wildman–Crippen LogP) is 4.18. The Balaban J connectivity index is 1.49. The van der Waals surface area contributed by atoms with Gasteiger partial charge in [-0.15, -0.1) is 0 Å². The summed E-state index contributed by atoms with van der Waals surface area (Å²) in [6.45, 7) is 1.12. The smallest absolute Gasteiger partial charge is 0.231 e. The van der Waals surface area contributed by atoms with E-state index in [9.17, 15) is 4.79 Å². The van der Waals surface area contributed by atoms with Crippen molar-refractivity contribution in [2.24, 2.45) is 0 Å². The average Bonchev–Trinajstić information content (AvgIpc) is 3.16. The van der Waals surface area contributed by atoms with Gasteiger partial charge in [-0.25, -0.2) is 4.98 Å². The number of nitrogens with one attached hydrogen (secondary N) is 1. The fourth-order valence-electron chi connectivity index (χ4n) is 3.72. The fourth-order valence-corrected chi connectivity index (χ4v) is 4.69. The van der Waals surface area contributed by atoms with Crippen LogP contribution < -0.4 is 14.8 Å². The highest BCUT2D eigenvalue weighted by atomic mass is 35.5. The summed E-state index contributed by atoms with van der Waals surface area (Å²) in [5.74, 6) is 1.79. The number of rotatable bonds is 5. The highest BCUT2D eigenvalue weighted by Crippen LogP contribution is 2.42. The molecule has 1 N–H and O–H groups in total. The molecule has 1 aromatic heterocycles. The lowest BCUT2D eigenvalue weighted by atomic mass is 9.87. The van der Waals surface area contributed by atoms with Gasteiger partial charge in [0.2, 0.25) is 5.91 Å². The van der Waals surface area contributed by atoms with Crippen LogP contribution in [0.4, 0.5) is 0 Å². The average molecular weight is 405 g/mol. The predicted molar refractivity (Wildman–Crippen MR) is 106 cm³/mol. The molecule has 1 aliphatic heterocycles. The largest absolute Gasteiger partial charge is 0.486 e.